The van der Waals surface area contributed by atoms with Gasteiger partial charge in [0.05, 0.1) is 22.7 Å². The van der Waals surface area contributed by atoms with Crippen LogP contribution in [0.2, 0.25) is 0 Å². The van der Waals surface area contributed by atoms with Crippen LogP contribution in [-0.2, 0) is 21.7 Å². The van der Waals surface area contributed by atoms with Gasteiger partial charge in [-0.1, -0.05) is 241 Å². The molecule has 0 aliphatic carbocycles. The van der Waals surface area contributed by atoms with E-state index in [1.165, 1.54) is 22.3 Å². The molecule has 0 unspecified atom stereocenters. The van der Waals surface area contributed by atoms with Crippen molar-refractivity contribution < 1.29 is 8.78 Å². The first-order chi connectivity index (χ1) is 41.6. The quantitative estimate of drug-likeness (QED) is 0.126. The number of aryl methyl sites for hydroxylation is 2. The zero-order valence-corrected chi connectivity index (χ0v) is 54.3. The molecule has 0 fully saturated rings. The van der Waals surface area contributed by atoms with Gasteiger partial charge in [-0.2, -0.15) is 0 Å². The van der Waals surface area contributed by atoms with Gasteiger partial charge in [0.25, 0.3) is 0 Å². The Morgan fingerprint density at radius 2 is 0.580 bits per heavy atom. The summed E-state index contributed by atoms with van der Waals surface area (Å²) in [6, 6.07) is 72.6. The second-order valence-corrected chi connectivity index (χ2v) is 28.7. The molecule has 0 amide bonds. The Morgan fingerprint density at radius 1 is 0.284 bits per heavy atom. The van der Waals surface area contributed by atoms with Crippen molar-refractivity contribution in [2.75, 3.05) is 9.80 Å². The molecule has 0 N–H and O–H groups in total. The zero-order valence-electron chi connectivity index (χ0n) is 54.3. The molecule has 2 nitrogen and oxygen atoms in total. The first-order valence-electron chi connectivity index (χ1n) is 31.2. The largest absolute Gasteiger partial charge is 0.306 e. The number of nitrogens with zero attached hydrogens (tertiary/aromatic N) is 2. The van der Waals surface area contributed by atoms with Gasteiger partial charge < -0.3 is 9.80 Å². The Kier molecular flexibility index (Phi) is 14.9. The van der Waals surface area contributed by atoms with Gasteiger partial charge in [-0.15, -0.1) is 0 Å². The van der Waals surface area contributed by atoms with Crippen LogP contribution in [-0.4, -0.2) is 0 Å². The number of anilines is 6. The Balaban J connectivity index is 1.12. The van der Waals surface area contributed by atoms with Gasteiger partial charge in [-0.3, -0.25) is 0 Å². The van der Waals surface area contributed by atoms with Crippen molar-refractivity contribution in [2.45, 2.75) is 132 Å². The Hall–Kier alpha value is -8.86. The molecule has 0 atom stereocenters. The fraction of sp³-hybridized carbons (Fsp3) is 0.238. The molecule has 0 aliphatic heterocycles. The van der Waals surface area contributed by atoms with Gasteiger partial charge >= 0.3 is 0 Å². The van der Waals surface area contributed by atoms with Gasteiger partial charge in [-0.05, 0) is 197 Å². The van der Waals surface area contributed by atoms with E-state index in [9.17, 15) is 0 Å². The second kappa shape index (κ2) is 22.1. The van der Waals surface area contributed by atoms with Crippen molar-refractivity contribution in [3.05, 3.63) is 262 Å². The van der Waals surface area contributed by atoms with Crippen LogP contribution < -0.4 is 9.80 Å². The van der Waals surface area contributed by atoms with Crippen LogP contribution in [0.15, 0.2) is 206 Å². The van der Waals surface area contributed by atoms with Gasteiger partial charge in [0.2, 0.25) is 0 Å². The molecule has 0 saturated carbocycles. The summed E-state index contributed by atoms with van der Waals surface area (Å²) < 4.78 is 37.1. The van der Waals surface area contributed by atoms with Gasteiger partial charge in [0.15, 0.2) is 0 Å². The summed E-state index contributed by atoms with van der Waals surface area (Å²) in [5.74, 6) is -0.659. The lowest BCUT2D eigenvalue weighted by atomic mass is 9.85. The molecule has 0 radical (unpaired) electrons. The van der Waals surface area contributed by atoms with Crippen molar-refractivity contribution in [1.82, 2.24) is 0 Å². The molecule has 0 spiro atoms. The molecule has 12 aromatic rings. The summed E-state index contributed by atoms with van der Waals surface area (Å²) in [4.78, 5) is 4.36. The SMILES string of the molecule is Cc1cccc(N(c2c(F)cc(-c3ccc(C(C)(C)C)cc3)cc2-c2ccc(C(C)(C)C)cc2)c2ccc3ccc4c(N(c5cccc(C)c5C)c5c(F)cc(-c6ccc(C(C)(C)C)cc6)cc5-c5ccc(C(C)(C)C)cc5)ccc5ccc2c3c54)c1C. The molecular weight excluding hydrogens is 1070 g/mol. The fourth-order valence-electron chi connectivity index (χ4n) is 12.9. The minimum Gasteiger partial charge on any atom is -0.306 e. The number of benzene rings is 12. The van der Waals surface area contributed by atoms with Crippen LogP contribution in [0.5, 0.6) is 0 Å². The third kappa shape index (κ3) is 10.8. The van der Waals surface area contributed by atoms with Crippen LogP contribution >= 0.6 is 0 Å². The lowest BCUT2D eigenvalue weighted by Crippen LogP contribution is -2.16. The van der Waals surface area contributed by atoms with Crippen molar-refractivity contribution in [2.24, 2.45) is 0 Å². The van der Waals surface area contributed by atoms with E-state index in [0.717, 1.165) is 122 Å². The lowest BCUT2D eigenvalue weighted by Gasteiger charge is -2.33. The highest BCUT2D eigenvalue weighted by molar-refractivity contribution is 6.28. The van der Waals surface area contributed by atoms with E-state index in [4.69, 9.17) is 0 Å². The number of hydrogen-bond donors (Lipinski definition) is 0. The monoisotopic (exact) mass is 1160 g/mol. The normalized spacial score (nSPS) is 12.4. The van der Waals surface area contributed by atoms with Gasteiger partial charge in [0, 0.05) is 33.3 Å². The topological polar surface area (TPSA) is 6.48 Å². The first kappa shape index (κ1) is 59.5. The average Bonchev–Trinajstić information content (AvgIpc) is 0.751. The zero-order chi connectivity index (χ0) is 62.5. The third-order valence-electron chi connectivity index (χ3n) is 18.6. The fourth-order valence-corrected chi connectivity index (χ4v) is 12.9. The number of hydrogen-bond acceptors (Lipinski definition) is 2. The molecule has 442 valence electrons. The molecule has 0 aromatic heterocycles. The summed E-state index contributed by atoms with van der Waals surface area (Å²) in [7, 11) is 0. The van der Waals surface area contributed by atoms with E-state index < -0.39 is 0 Å². The molecular formula is C84H82F2N2. The van der Waals surface area contributed by atoms with E-state index in [1.807, 2.05) is 0 Å². The minimum atomic E-state index is -0.329. The molecule has 0 heterocycles. The van der Waals surface area contributed by atoms with Crippen LogP contribution in [0, 0.1) is 39.3 Å². The maximum atomic E-state index is 18.6. The Bertz CT molecular complexity index is 4320. The van der Waals surface area contributed by atoms with Crippen LogP contribution in [0.4, 0.5) is 42.9 Å². The molecule has 12 aromatic carbocycles. The molecule has 0 saturated heterocycles. The highest BCUT2D eigenvalue weighted by Crippen LogP contribution is 2.53. The number of rotatable bonds is 10. The van der Waals surface area contributed by atoms with Crippen LogP contribution in [0.25, 0.3) is 76.8 Å². The highest BCUT2D eigenvalue weighted by atomic mass is 19.1. The van der Waals surface area contributed by atoms with Crippen LogP contribution in [0.1, 0.15) is 128 Å². The standard InChI is InChI=1S/C84H82F2N2/c1-51-19-17-21-73(53(51)3)87(79-69(57-27-39-65(40-28-57)83(11,12)13)47-61(49-71(79)85)55-23-35-63(36-24-55)81(5,6)7)75-45-33-59-32-44-68-76(46-34-60-31-43-67(75)77(59)78(60)68)88(74-22-18-20-52(2)54(74)4)80-70(58-29-41-66(42-30-58)84(14,15)16)48-62(50-72(80)86)56-25-37-64(38-26-56)82(8,9)10/h17-50H,1-16H3. The smallest absolute Gasteiger partial charge is 0.148 e. The molecule has 88 heavy (non-hydrogen) atoms. The Morgan fingerprint density at radius 3 is 0.886 bits per heavy atom. The third-order valence-corrected chi connectivity index (χ3v) is 18.6. The number of halogens is 2. The van der Waals surface area contributed by atoms with Crippen LogP contribution in [0.3, 0.4) is 0 Å². The lowest BCUT2D eigenvalue weighted by molar-refractivity contribution is 0.590. The van der Waals surface area contributed by atoms with Gasteiger partial charge in [-0.25, -0.2) is 8.78 Å². The first-order valence-corrected chi connectivity index (χ1v) is 31.2. The summed E-state index contributed by atoms with van der Waals surface area (Å²) in [5.41, 5.74) is 20.2. The maximum Gasteiger partial charge on any atom is 0.148 e. The molecule has 0 aliphatic rings. The second-order valence-electron chi connectivity index (χ2n) is 28.7. The van der Waals surface area contributed by atoms with Crippen molar-refractivity contribution in [1.29, 1.82) is 0 Å². The predicted molar refractivity (Wildman–Crippen MR) is 375 cm³/mol. The summed E-state index contributed by atoms with van der Waals surface area (Å²) in [5, 5.41) is 6.13. The minimum absolute atomic E-state index is 0.0329. The molecule has 4 heteroatoms. The van der Waals surface area contributed by atoms with E-state index >= 15 is 8.78 Å². The van der Waals surface area contributed by atoms with E-state index in [1.54, 1.807) is 12.1 Å². The molecule has 0 bridgehead atoms. The predicted octanol–water partition coefficient (Wildman–Crippen LogP) is 24.9. The average molecular weight is 1160 g/mol. The van der Waals surface area contributed by atoms with E-state index in [2.05, 4.69) is 315 Å². The van der Waals surface area contributed by atoms with Crippen molar-refractivity contribution in [3.63, 3.8) is 0 Å². The van der Waals surface area contributed by atoms with E-state index in [-0.39, 0.29) is 33.3 Å². The summed E-state index contributed by atoms with van der Waals surface area (Å²) in [6.45, 7) is 35.2. The van der Waals surface area contributed by atoms with Crippen molar-refractivity contribution >= 4 is 66.4 Å². The van der Waals surface area contributed by atoms with Crippen molar-refractivity contribution in [3.8, 4) is 44.5 Å². The highest BCUT2D eigenvalue weighted by Gasteiger charge is 2.31. The Labute approximate surface area is 521 Å². The molecule has 12 rings (SSSR count). The van der Waals surface area contributed by atoms with Gasteiger partial charge in [0.1, 0.15) is 11.6 Å². The summed E-state index contributed by atoms with van der Waals surface area (Å²) in [6.07, 6.45) is 0. The maximum absolute atomic E-state index is 18.6. The summed E-state index contributed by atoms with van der Waals surface area (Å²) >= 11 is 0. The van der Waals surface area contributed by atoms with E-state index in [0.29, 0.717) is 11.4 Å².